The number of rotatable bonds is 2. The Hall–Kier alpha value is -2.50. The minimum atomic E-state index is 0.460. The summed E-state index contributed by atoms with van der Waals surface area (Å²) in [4.78, 5) is 8.66. The van der Waals surface area contributed by atoms with Crippen molar-refractivity contribution in [1.82, 2.24) is 25.3 Å². The topological polar surface area (TPSA) is 80.5 Å². The fourth-order valence-electron chi connectivity index (χ4n) is 2.76. The number of aromatic amines is 1. The number of nitrogens with zero attached hydrogens (tertiary/aromatic N) is 4. The zero-order valence-electron chi connectivity index (χ0n) is 11.7. The maximum Gasteiger partial charge on any atom is 0.279 e. The Morgan fingerprint density at radius 3 is 3.14 bits per heavy atom. The fourth-order valence-corrected chi connectivity index (χ4v) is 2.76. The first-order valence-electron chi connectivity index (χ1n) is 7.13. The number of hydrogen-bond acceptors (Lipinski definition) is 5. The van der Waals surface area contributed by atoms with Crippen LogP contribution < -0.4 is 0 Å². The molecular weight excluding hydrogens is 266 g/mol. The van der Waals surface area contributed by atoms with Crippen molar-refractivity contribution < 1.29 is 4.52 Å². The summed E-state index contributed by atoms with van der Waals surface area (Å²) >= 11 is 0. The summed E-state index contributed by atoms with van der Waals surface area (Å²) < 4.78 is 5.38. The Morgan fingerprint density at radius 2 is 2.29 bits per heavy atom. The Balaban J connectivity index is 1.72. The van der Waals surface area contributed by atoms with Crippen LogP contribution in [-0.4, -0.2) is 25.3 Å². The summed E-state index contributed by atoms with van der Waals surface area (Å²) in [5.74, 6) is 1.61. The zero-order chi connectivity index (χ0) is 14.2. The van der Waals surface area contributed by atoms with Crippen molar-refractivity contribution in [2.24, 2.45) is 5.92 Å². The van der Waals surface area contributed by atoms with Gasteiger partial charge < -0.3 is 4.52 Å². The molecule has 6 nitrogen and oxygen atoms in total. The van der Waals surface area contributed by atoms with E-state index in [0.717, 1.165) is 18.5 Å². The lowest BCUT2D eigenvalue weighted by atomic mass is 9.88. The first-order valence-corrected chi connectivity index (χ1v) is 7.13. The van der Waals surface area contributed by atoms with Crippen molar-refractivity contribution in [3.8, 4) is 23.1 Å². The second-order valence-corrected chi connectivity index (χ2v) is 5.52. The van der Waals surface area contributed by atoms with Gasteiger partial charge in [-0.1, -0.05) is 18.1 Å². The molecule has 0 aromatic carbocycles. The van der Waals surface area contributed by atoms with Gasteiger partial charge in [0.2, 0.25) is 5.82 Å². The molecule has 0 aliphatic heterocycles. The average molecular weight is 281 g/mol. The van der Waals surface area contributed by atoms with Gasteiger partial charge in [0.15, 0.2) is 5.69 Å². The molecule has 1 atom stereocenters. The molecule has 1 aliphatic carbocycles. The second-order valence-electron chi connectivity index (χ2n) is 5.52. The van der Waals surface area contributed by atoms with E-state index in [4.69, 9.17) is 4.52 Å². The van der Waals surface area contributed by atoms with Crippen LogP contribution in [0.3, 0.4) is 0 Å². The minimum absolute atomic E-state index is 0.460. The first kappa shape index (κ1) is 12.3. The van der Waals surface area contributed by atoms with Crippen LogP contribution in [0.15, 0.2) is 28.9 Å². The van der Waals surface area contributed by atoms with E-state index < -0.39 is 0 Å². The van der Waals surface area contributed by atoms with E-state index in [-0.39, 0.29) is 0 Å². The van der Waals surface area contributed by atoms with Crippen LogP contribution in [0.4, 0.5) is 0 Å². The summed E-state index contributed by atoms with van der Waals surface area (Å²) in [6.07, 6.45) is 4.94. The van der Waals surface area contributed by atoms with Gasteiger partial charge in [0.1, 0.15) is 5.69 Å². The van der Waals surface area contributed by atoms with Crippen LogP contribution in [0.25, 0.3) is 23.1 Å². The standard InChI is InChI=1S/C15H15N5O/c1-9-5-6-11-10(8-9)13(19-18-11)15-17-14(20-21-15)12-4-2-3-7-16-12/h2-4,7,9H,5-6,8H2,1H3,(H,18,19). The van der Waals surface area contributed by atoms with Crippen LogP contribution in [0.5, 0.6) is 0 Å². The molecule has 3 aromatic rings. The zero-order valence-corrected chi connectivity index (χ0v) is 11.7. The molecule has 0 radical (unpaired) electrons. The van der Waals surface area contributed by atoms with E-state index in [9.17, 15) is 0 Å². The number of hydrogen-bond donors (Lipinski definition) is 1. The van der Waals surface area contributed by atoms with Gasteiger partial charge in [0.25, 0.3) is 5.89 Å². The highest BCUT2D eigenvalue weighted by molar-refractivity contribution is 5.58. The van der Waals surface area contributed by atoms with Gasteiger partial charge in [-0.25, -0.2) is 0 Å². The highest BCUT2D eigenvalue weighted by Gasteiger charge is 2.25. The quantitative estimate of drug-likeness (QED) is 0.781. The average Bonchev–Trinajstić information content (AvgIpc) is 3.14. The largest absolute Gasteiger partial charge is 0.332 e. The third-order valence-corrected chi connectivity index (χ3v) is 3.92. The number of aryl methyl sites for hydroxylation is 1. The molecule has 3 aromatic heterocycles. The van der Waals surface area contributed by atoms with E-state index in [1.54, 1.807) is 6.20 Å². The molecule has 106 valence electrons. The van der Waals surface area contributed by atoms with Crippen molar-refractivity contribution in [3.63, 3.8) is 0 Å². The van der Waals surface area contributed by atoms with Gasteiger partial charge in [-0.2, -0.15) is 10.1 Å². The number of H-pyrrole nitrogens is 1. The molecule has 21 heavy (non-hydrogen) atoms. The van der Waals surface area contributed by atoms with Gasteiger partial charge in [0.05, 0.1) is 0 Å². The molecular formula is C15H15N5O. The van der Waals surface area contributed by atoms with Crippen LogP contribution in [0.2, 0.25) is 0 Å². The van der Waals surface area contributed by atoms with Crippen molar-refractivity contribution >= 4 is 0 Å². The monoisotopic (exact) mass is 281 g/mol. The Labute approximate surface area is 121 Å². The first-order chi connectivity index (χ1) is 10.3. The highest BCUT2D eigenvalue weighted by Crippen LogP contribution is 2.31. The van der Waals surface area contributed by atoms with Crippen molar-refractivity contribution in [2.75, 3.05) is 0 Å². The maximum absolute atomic E-state index is 5.38. The molecule has 0 bridgehead atoms. The molecule has 0 fully saturated rings. The number of nitrogens with one attached hydrogen (secondary N) is 1. The van der Waals surface area contributed by atoms with Gasteiger partial charge >= 0.3 is 0 Å². The molecule has 3 heterocycles. The Morgan fingerprint density at radius 1 is 1.33 bits per heavy atom. The van der Waals surface area contributed by atoms with Crippen LogP contribution in [-0.2, 0) is 12.8 Å². The van der Waals surface area contributed by atoms with Crippen LogP contribution in [0.1, 0.15) is 24.6 Å². The summed E-state index contributed by atoms with van der Waals surface area (Å²) in [5, 5.41) is 11.5. The summed E-state index contributed by atoms with van der Waals surface area (Å²) in [5.41, 5.74) is 3.89. The SMILES string of the molecule is CC1CCc2[nH]nc(-c3nc(-c4ccccn4)no3)c2C1. The van der Waals surface area contributed by atoms with Crippen molar-refractivity contribution in [2.45, 2.75) is 26.2 Å². The molecule has 1 unspecified atom stereocenters. The highest BCUT2D eigenvalue weighted by atomic mass is 16.5. The Bertz CT molecular complexity index is 761. The normalized spacial score (nSPS) is 17.7. The molecule has 1 N–H and O–H groups in total. The number of pyridine rings is 1. The molecule has 0 saturated carbocycles. The second kappa shape index (κ2) is 4.80. The molecule has 6 heteroatoms. The maximum atomic E-state index is 5.38. The summed E-state index contributed by atoms with van der Waals surface area (Å²) in [6, 6.07) is 5.61. The van der Waals surface area contributed by atoms with E-state index >= 15 is 0 Å². The van der Waals surface area contributed by atoms with Crippen molar-refractivity contribution in [1.29, 1.82) is 0 Å². The molecule has 0 saturated heterocycles. The molecule has 0 spiro atoms. The predicted octanol–water partition coefficient (Wildman–Crippen LogP) is 2.65. The van der Waals surface area contributed by atoms with Gasteiger partial charge in [-0.05, 0) is 37.3 Å². The molecule has 0 amide bonds. The number of fused-ring (bicyclic) bond motifs is 1. The fraction of sp³-hybridized carbons (Fsp3) is 0.333. The lowest BCUT2D eigenvalue weighted by molar-refractivity contribution is 0.429. The lowest BCUT2D eigenvalue weighted by Crippen LogP contribution is -2.10. The van der Waals surface area contributed by atoms with Crippen LogP contribution in [0, 0.1) is 5.92 Å². The van der Waals surface area contributed by atoms with Crippen LogP contribution >= 0.6 is 0 Å². The smallest absolute Gasteiger partial charge is 0.279 e. The summed E-state index contributed by atoms with van der Waals surface area (Å²) in [7, 11) is 0. The van der Waals surface area contributed by atoms with E-state index in [0.29, 0.717) is 23.3 Å². The number of aromatic nitrogens is 5. The molecule has 1 aliphatic rings. The van der Waals surface area contributed by atoms with E-state index in [2.05, 4.69) is 32.2 Å². The predicted molar refractivity (Wildman–Crippen MR) is 76.3 cm³/mol. The Kier molecular flexibility index (Phi) is 2.80. The minimum Gasteiger partial charge on any atom is -0.332 e. The third-order valence-electron chi connectivity index (χ3n) is 3.92. The molecule has 4 rings (SSSR count). The lowest BCUT2D eigenvalue weighted by Gasteiger charge is -2.17. The third kappa shape index (κ3) is 2.12. The van der Waals surface area contributed by atoms with Crippen molar-refractivity contribution in [3.05, 3.63) is 35.7 Å². The van der Waals surface area contributed by atoms with E-state index in [1.807, 2.05) is 18.2 Å². The van der Waals surface area contributed by atoms with Gasteiger partial charge in [0, 0.05) is 17.5 Å². The van der Waals surface area contributed by atoms with Gasteiger partial charge in [-0.15, -0.1) is 0 Å². The van der Waals surface area contributed by atoms with E-state index in [1.165, 1.54) is 17.7 Å². The van der Waals surface area contributed by atoms with Gasteiger partial charge in [-0.3, -0.25) is 10.1 Å². The summed E-state index contributed by atoms with van der Waals surface area (Å²) in [6.45, 7) is 2.26.